The molecule has 0 bridgehead atoms. The molecule has 140 valence electrons. The second kappa shape index (κ2) is 9.07. The van der Waals surface area contributed by atoms with Crippen LogP contribution in [-0.4, -0.2) is 27.5 Å². The van der Waals surface area contributed by atoms with Gasteiger partial charge in [0, 0.05) is 24.2 Å². The third-order valence-electron chi connectivity index (χ3n) is 4.24. The second-order valence-electron chi connectivity index (χ2n) is 6.48. The van der Waals surface area contributed by atoms with Gasteiger partial charge in [-0.3, -0.25) is 14.6 Å². The van der Waals surface area contributed by atoms with Gasteiger partial charge < -0.3 is 9.72 Å². The van der Waals surface area contributed by atoms with Crippen molar-refractivity contribution >= 4 is 16.9 Å². The van der Waals surface area contributed by atoms with Gasteiger partial charge in [-0.25, -0.2) is 4.98 Å². The number of carbonyl (C=O) groups excluding carboxylic acids is 1. The number of fused-ring (bicyclic) bond motifs is 1. The van der Waals surface area contributed by atoms with E-state index in [1.165, 1.54) is 0 Å². The van der Waals surface area contributed by atoms with Gasteiger partial charge in [-0.2, -0.15) is 0 Å². The summed E-state index contributed by atoms with van der Waals surface area (Å²) in [5.74, 6) is 0.368. The molecule has 0 aliphatic heterocycles. The standard InChI is InChI=1S/C21H23N3O3/c1-15-7-4-8-16(22-15)9-6-14-27-20(25)13-5-12-19-23-18-11-3-2-10-17(18)21(26)24-19/h2-4,7-8,10-11H,5-6,9,12-14H2,1H3,(H,23,24,26). The van der Waals surface area contributed by atoms with Crippen LogP contribution in [-0.2, 0) is 22.4 Å². The maximum atomic E-state index is 12.0. The maximum absolute atomic E-state index is 12.0. The van der Waals surface area contributed by atoms with E-state index >= 15 is 0 Å². The summed E-state index contributed by atoms with van der Waals surface area (Å²) in [6.07, 6.45) is 2.96. The van der Waals surface area contributed by atoms with E-state index < -0.39 is 0 Å². The molecule has 0 saturated heterocycles. The molecule has 0 atom stereocenters. The van der Waals surface area contributed by atoms with Crippen molar-refractivity contribution in [2.45, 2.75) is 39.0 Å². The minimum Gasteiger partial charge on any atom is -0.466 e. The van der Waals surface area contributed by atoms with Crippen LogP contribution in [0.2, 0.25) is 0 Å². The molecule has 0 aliphatic carbocycles. The topological polar surface area (TPSA) is 84.9 Å². The predicted molar refractivity (Wildman–Crippen MR) is 104 cm³/mol. The van der Waals surface area contributed by atoms with Crippen LogP contribution >= 0.6 is 0 Å². The number of esters is 1. The third-order valence-corrected chi connectivity index (χ3v) is 4.24. The second-order valence-corrected chi connectivity index (χ2v) is 6.48. The van der Waals surface area contributed by atoms with E-state index in [1.807, 2.05) is 43.3 Å². The zero-order valence-corrected chi connectivity index (χ0v) is 15.4. The van der Waals surface area contributed by atoms with Crippen molar-refractivity contribution < 1.29 is 9.53 Å². The van der Waals surface area contributed by atoms with Crippen molar-refractivity contribution in [3.63, 3.8) is 0 Å². The average Bonchev–Trinajstić information content (AvgIpc) is 2.65. The SMILES string of the molecule is Cc1cccc(CCCOC(=O)CCCc2nc3ccccc3c(=O)[nH]2)n1. The van der Waals surface area contributed by atoms with Crippen molar-refractivity contribution in [2.75, 3.05) is 6.61 Å². The average molecular weight is 365 g/mol. The molecular formula is C21H23N3O3. The number of para-hydroxylation sites is 1. The van der Waals surface area contributed by atoms with E-state index in [1.54, 1.807) is 6.07 Å². The third kappa shape index (κ3) is 5.48. The Bertz CT molecular complexity index is 982. The van der Waals surface area contributed by atoms with Crippen LogP contribution in [0.25, 0.3) is 10.9 Å². The molecule has 6 nitrogen and oxygen atoms in total. The minimum atomic E-state index is -0.227. The van der Waals surface area contributed by atoms with Gasteiger partial charge in [0.1, 0.15) is 5.82 Å². The quantitative estimate of drug-likeness (QED) is 0.490. The molecule has 0 fully saturated rings. The fourth-order valence-electron chi connectivity index (χ4n) is 2.90. The number of benzene rings is 1. The Morgan fingerprint density at radius 1 is 1.04 bits per heavy atom. The fourth-order valence-corrected chi connectivity index (χ4v) is 2.90. The summed E-state index contributed by atoms with van der Waals surface area (Å²) in [7, 11) is 0. The molecule has 6 heteroatoms. The molecule has 0 radical (unpaired) electrons. The highest BCUT2D eigenvalue weighted by Gasteiger charge is 2.07. The van der Waals surface area contributed by atoms with Gasteiger partial charge in [0.15, 0.2) is 0 Å². The van der Waals surface area contributed by atoms with Gasteiger partial charge in [-0.1, -0.05) is 18.2 Å². The first-order chi connectivity index (χ1) is 13.1. The molecule has 0 unspecified atom stereocenters. The molecule has 1 aromatic carbocycles. The Morgan fingerprint density at radius 3 is 2.74 bits per heavy atom. The van der Waals surface area contributed by atoms with Gasteiger partial charge in [-0.15, -0.1) is 0 Å². The number of hydrogen-bond acceptors (Lipinski definition) is 5. The van der Waals surface area contributed by atoms with Gasteiger partial charge in [0.05, 0.1) is 17.5 Å². The van der Waals surface area contributed by atoms with E-state index in [9.17, 15) is 9.59 Å². The number of hydrogen-bond donors (Lipinski definition) is 1. The zero-order chi connectivity index (χ0) is 19.1. The number of aromatic nitrogens is 3. The fraction of sp³-hybridized carbons (Fsp3) is 0.333. The largest absolute Gasteiger partial charge is 0.466 e. The van der Waals surface area contributed by atoms with Gasteiger partial charge in [0.25, 0.3) is 5.56 Å². The summed E-state index contributed by atoms with van der Waals surface area (Å²) in [6.45, 7) is 2.35. The summed E-state index contributed by atoms with van der Waals surface area (Å²) >= 11 is 0. The van der Waals surface area contributed by atoms with E-state index in [4.69, 9.17) is 4.74 Å². The minimum absolute atomic E-state index is 0.150. The van der Waals surface area contributed by atoms with Crippen molar-refractivity contribution in [3.8, 4) is 0 Å². The van der Waals surface area contributed by atoms with Crippen LogP contribution in [0.15, 0.2) is 47.3 Å². The molecule has 0 aliphatic rings. The normalized spacial score (nSPS) is 10.9. The number of rotatable bonds is 8. The Hall–Kier alpha value is -3.02. The van der Waals surface area contributed by atoms with Crippen molar-refractivity contribution in [2.24, 2.45) is 0 Å². The van der Waals surface area contributed by atoms with E-state index in [2.05, 4.69) is 15.0 Å². The first kappa shape index (κ1) is 18.8. The van der Waals surface area contributed by atoms with Crippen LogP contribution in [0.5, 0.6) is 0 Å². The molecule has 1 N–H and O–H groups in total. The number of carbonyl (C=O) groups is 1. The summed E-state index contributed by atoms with van der Waals surface area (Å²) in [6, 6.07) is 13.1. The van der Waals surface area contributed by atoms with E-state index in [0.29, 0.717) is 42.6 Å². The zero-order valence-electron chi connectivity index (χ0n) is 15.4. The molecule has 3 aromatic rings. The molecule has 2 aromatic heterocycles. The number of aryl methyl sites for hydroxylation is 3. The molecule has 27 heavy (non-hydrogen) atoms. The van der Waals surface area contributed by atoms with Gasteiger partial charge >= 0.3 is 5.97 Å². The Balaban J connectivity index is 1.39. The maximum Gasteiger partial charge on any atom is 0.305 e. The van der Waals surface area contributed by atoms with Crippen molar-refractivity contribution in [1.29, 1.82) is 0 Å². The molecular weight excluding hydrogens is 342 g/mol. The number of pyridine rings is 1. The summed E-state index contributed by atoms with van der Waals surface area (Å²) < 4.78 is 5.27. The summed E-state index contributed by atoms with van der Waals surface area (Å²) in [5, 5.41) is 0.573. The lowest BCUT2D eigenvalue weighted by Gasteiger charge is -2.06. The predicted octanol–water partition coefficient (Wildman–Crippen LogP) is 3.13. The highest BCUT2D eigenvalue weighted by molar-refractivity contribution is 5.77. The lowest BCUT2D eigenvalue weighted by Crippen LogP contribution is -2.12. The highest BCUT2D eigenvalue weighted by atomic mass is 16.5. The van der Waals surface area contributed by atoms with Crippen molar-refractivity contribution in [1.82, 2.24) is 15.0 Å². The van der Waals surface area contributed by atoms with Gasteiger partial charge in [0.2, 0.25) is 0 Å². The molecule has 0 amide bonds. The van der Waals surface area contributed by atoms with Crippen LogP contribution in [0.4, 0.5) is 0 Å². The van der Waals surface area contributed by atoms with Crippen LogP contribution < -0.4 is 5.56 Å². The first-order valence-electron chi connectivity index (χ1n) is 9.18. The molecule has 2 heterocycles. The molecule has 3 rings (SSSR count). The number of nitrogens with zero attached hydrogens (tertiary/aromatic N) is 2. The first-order valence-corrected chi connectivity index (χ1v) is 9.18. The number of nitrogens with one attached hydrogen (secondary N) is 1. The van der Waals surface area contributed by atoms with E-state index in [0.717, 1.165) is 24.2 Å². The number of aromatic amines is 1. The number of H-pyrrole nitrogens is 1. The summed E-state index contributed by atoms with van der Waals surface area (Å²) in [5.41, 5.74) is 2.52. The molecule has 0 saturated carbocycles. The Morgan fingerprint density at radius 2 is 1.89 bits per heavy atom. The van der Waals surface area contributed by atoms with Crippen LogP contribution in [0.1, 0.15) is 36.5 Å². The monoisotopic (exact) mass is 365 g/mol. The van der Waals surface area contributed by atoms with Crippen molar-refractivity contribution in [3.05, 3.63) is 70.0 Å². The molecule has 0 spiro atoms. The lowest BCUT2D eigenvalue weighted by molar-refractivity contribution is -0.143. The van der Waals surface area contributed by atoms with Gasteiger partial charge in [-0.05, 0) is 50.5 Å². The highest BCUT2D eigenvalue weighted by Crippen LogP contribution is 2.08. The van der Waals surface area contributed by atoms with E-state index in [-0.39, 0.29) is 11.5 Å². The van der Waals surface area contributed by atoms with Crippen LogP contribution in [0.3, 0.4) is 0 Å². The lowest BCUT2D eigenvalue weighted by atomic mass is 10.2. The number of ether oxygens (including phenoxy) is 1. The Labute approximate surface area is 157 Å². The smallest absolute Gasteiger partial charge is 0.305 e. The van der Waals surface area contributed by atoms with Crippen LogP contribution in [0, 0.1) is 6.92 Å². The Kier molecular flexibility index (Phi) is 6.30. The summed E-state index contributed by atoms with van der Waals surface area (Å²) in [4.78, 5) is 35.5.